The molecular formula is C13H28N4O4. The first-order valence-corrected chi connectivity index (χ1v) is 6.71. The Kier molecular flexibility index (Phi) is 15.5. The first kappa shape index (κ1) is 21.8. The standard InChI is InChI=1S/C9H24N4.C4H4O4/c1-12(2)10-8-6-5-7-9-11-13(3)4;5-3(6)1-2-4(7)8/h10-11H,5-9H2,1-4H3;1-2H,(H,5,6)(H,7,8)/b;2-1-. The number of hydrogen-bond acceptors (Lipinski definition) is 6. The summed E-state index contributed by atoms with van der Waals surface area (Å²) in [6, 6.07) is 0. The molecule has 0 aliphatic heterocycles. The van der Waals surface area contributed by atoms with Gasteiger partial charge in [0.15, 0.2) is 0 Å². The van der Waals surface area contributed by atoms with Crippen LogP contribution in [0.1, 0.15) is 19.3 Å². The highest BCUT2D eigenvalue weighted by atomic mass is 16.4. The minimum Gasteiger partial charge on any atom is -0.478 e. The molecule has 124 valence electrons. The first-order valence-electron chi connectivity index (χ1n) is 6.71. The molecule has 0 saturated carbocycles. The zero-order valence-corrected chi connectivity index (χ0v) is 13.3. The third-order valence-electron chi connectivity index (χ3n) is 2.08. The molecule has 0 rings (SSSR count). The van der Waals surface area contributed by atoms with E-state index in [1.807, 2.05) is 38.2 Å². The van der Waals surface area contributed by atoms with Gasteiger partial charge in [-0.25, -0.2) is 9.59 Å². The maximum absolute atomic E-state index is 9.55. The molecule has 0 unspecified atom stereocenters. The summed E-state index contributed by atoms with van der Waals surface area (Å²) in [5, 5.41) is 19.6. The first-order chi connectivity index (χ1) is 9.75. The van der Waals surface area contributed by atoms with Crippen molar-refractivity contribution in [2.24, 2.45) is 0 Å². The van der Waals surface area contributed by atoms with Gasteiger partial charge >= 0.3 is 11.9 Å². The van der Waals surface area contributed by atoms with E-state index in [0.717, 1.165) is 13.1 Å². The van der Waals surface area contributed by atoms with Gasteiger partial charge in [-0.2, -0.15) is 0 Å². The molecule has 0 atom stereocenters. The van der Waals surface area contributed by atoms with Crippen molar-refractivity contribution in [1.82, 2.24) is 20.9 Å². The zero-order valence-electron chi connectivity index (χ0n) is 13.3. The van der Waals surface area contributed by atoms with Crippen LogP contribution < -0.4 is 10.9 Å². The van der Waals surface area contributed by atoms with Crippen LogP contribution in [0.2, 0.25) is 0 Å². The SMILES string of the molecule is CN(C)NCCCCCNN(C)C.O=C(O)/C=C\C(=O)O. The molecule has 0 radical (unpaired) electrons. The molecule has 0 aromatic rings. The maximum atomic E-state index is 9.55. The van der Waals surface area contributed by atoms with E-state index in [4.69, 9.17) is 10.2 Å². The predicted octanol–water partition coefficient (Wildman–Crippen LogP) is 0.000900. The molecule has 0 saturated heterocycles. The van der Waals surface area contributed by atoms with Crippen molar-refractivity contribution < 1.29 is 19.8 Å². The lowest BCUT2D eigenvalue weighted by atomic mass is 10.2. The maximum Gasteiger partial charge on any atom is 0.328 e. The van der Waals surface area contributed by atoms with Crippen LogP contribution in [0.3, 0.4) is 0 Å². The molecule has 0 aliphatic carbocycles. The second-order valence-corrected chi connectivity index (χ2v) is 4.68. The molecule has 0 aromatic carbocycles. The molecule has 0 aliphatic rings. The van der Waals surface area contributed by atoms with Gasteiger partial charge in [-0.3, -0.25) is 20.9 Å². The number of carboxylic acids is 2. The summed E-state index contributed by atoms with van der Waals surface area (Å²) in [5.74, 6) is -2.51. The van der Waals surface area contributed by atoms with Crippen LogP contribution in [0, 0.1) is 0 Å². The summed E-state index contributed by atoms with van der Waals surface area (Å²) in [4.78, 5) is 19.1. The van der Waals surface area contributed by atoms with Crippen LogP contribution in [0.25, 0.3) is 0 Å². The quantitative estimate of drug-likeness (QED) is 0.254. The van der Waals surface area contributed by atoms with Gasteiger partial charge in [-0.05, 0) is 12.8 Å². The van der Waals surface area contributed by atoms with Crippen LogP contribution >= 0.6 is 0 Å². The van der Waals surface area contributed by atoms with Crippen molar-refractivity contribution in [1.29, 1.82) is 0 Å². The van der Waals surface area contributed by atoms with E-state index < -0.39 is 11.9 Å². The van der Waals surface area contributed by atoms with Gasteiger partial charge < -0.3 is 10.2 Å². The van der Waals surface area contributed by atoms with E-state index in [0.29, 0.717) is 12.2 Å². The number of rotatable bonds is 10. The number of hydrazine groups is 2. The van der Waals surface area contributed by atoms with Crippen molar-refractivity contribution >= 4 is 11.9 Å². The van der Waals surface area contributed by atoms with Crippen molar-refractivity contribution in [3.8, 4) is 0 Å². The van der Waals surface area contributed by atoms with E-state index in [2.05, 4.69) is 10.9 Å². The van der Waals surface area contributed by atoms with E-state index in [1.165, 1.54) is 19.3 Å². The van der Waals surface area contributed by atoms with Crippen LogP contribution in [-0.4, -0.2) is 73.4 Å². The fraction of sp³-hybridized carbons (Fsp3) is 0.692. The zero-order chi connectivity index (χ0) is 16.7. The number of carbonyl (C=O) groups is 2. The average molecular weight is 304 g/mol. The Balaban J connectivity index is 0. The molecule has 8 nitrogen and oxygen atoms in total. The Morgan fingerprint density at radius 3 is 1.38 bits per heavy atom. The van der Waals surface area contributed by atoms with Crippen LogP contribution in [0.4, 0.5) is 0 Å². The smallest absolute Gasteiger partial charge is 0.328 e. The van der Waals surface area contributed by atoms with E-state index >= 15 is 0 Å². The number of carboxylic acid groups (broad SMARTS) is 2. The van der Waals surface area contributed by atoms with Crippen molar-refractivity contribution in [3.63, 3.8) is 0 Å². The summed E-state index contributed by atoms with van der Waals surface area (Å²) in [7, 11) is 8.09. The molecule has 0 spiro atoms. The highest BCUT2D eigenvalue weighted by molar-refractivity contribution is 5.89. The highest BCUT2D eigenvalue weighted by Gasteiger charge is 1.91. The van der Waals surface area contributed by atoms with Gasteiger partial charge in [0.1, 0.15) is 0 Å². The predicted molar refractivity (Wildman–Crippen MR) is 81.6 cm³/mol. The van der Waals surface area contributed by atoms with Gasteiger partial charge in [-0.1, -0.05) is 6.42 Å². The normalized spacial score (nSPS) is 10.8. The lowest BCUT2D eigenvalue weighted by Crippen LogP contribution is -2.32. The number of aliphatic carboxylic acids is 2. The highest BCUT2D eigenvalue weighted by Crippen LogP contribution is 1.92. The van der Waals surface area contributed by atoms with Gasteiger partial charge in [0, 0.05) is 53.4 Å². The Bertz CT molecular complexity index is 279. The van der Waals surface area contributed by atoms with Crippen LogP contribution in [0.5, 0.6) is 0 Å². The molecule has 0 aromatic heterocycles. The third kappa shape index (κ3) is 27.7. The van der Waals surface area contributed by atoms with Gasteiger partial charge in [-0.15, -0.1) is 0 Å². The molecule has 0 amide bonds. The van der Waals surface area contributed by atoms with E-state index in [9.17, 15) is 9.59 Å². The molecule has 0 heterocycles. The van der Waals surface area contributed by atoms with Crippen molar-refractivity contribution in [3.05, 3.63) is 12.2 Å². The number of nitrogens with one attached hydrogen (secondary N) is 2. The minimum absolute atomic E-state index is 0.558. The molecule has 0 fully saturated rings. The third-order valence-corrected chi connectivity index (χ3v) is 2.08. The summed E-state index contributed by atoms with van der Waals surface area (Å²) in [6.45, 7) is 2.16. The Morgan fingerprint density at radius 1 is 0.810 bits per heavy atom. The van der Waals surface area contributed by atoms with Gasteiger partial charge in [0.05, 0.1) is 0 Å². The topological polar surface area (TPSA) is 105 Å². The molecular weight excluding hydrogens is 276 g/mol. The second kappa shape index (κ2) is 14.9. The van der Waals surface area contributed by atoms with Gasteiger partial charge in [0.2, 0.25) is 0 Å². The van der Waals surface area contributed by atoms with Crippen molar-refractivity contribution in [2.45, 2.75) is 19.3 Å². The number of nitrogens with zero attached hydrogens (tertiary/aromatic N) is 2. The largest absolute Gasteiger partial charge is 0.478 e. The Hall–Kier alpha value is -1.48. The summed E-state index contributed by atoms with van der Waals surface area (Å²) < 4.78 is 0. The van der Waals surface area contributed by atoms with Crippen LogP contribution in [-0.2, 0) is 9.59 Å². The molecule has 21 heavy (non-hydrogen) atoms. The second-order valence-electron chi connectivity index (χ2n) is 4.68. The summed E-state index contributed by atoms with van der Waals surface area (Å²) in [6.07, 6.45) is 4.88. The Labute approximate surface area is 126 Å². The number of hydrogen-bond donors (Lipinski definition) is 4. The number of unbranched alkanes of at least 4 members (excludes halogenated alkanes) is 2. The molecule has 4 N–H and O–H groups in total. The monoisotopic (exact) mass is 304 g/mol. The summed E-state index contributed by atoms with van der Waals surface area (Å²) in [5.41, 5.74) is 6.50. The van der Waals surface area contributed by atoms with Gasteiger partial charge in [0.25, 0.3) is 0 Å². The molecule has 0 bridgehead atoms. The van der Waals surface area contributed by atoms with E-state index in [1.54, 1.807) is 0 Å². The minimum atomic E-state index is -1.26. The lowest BCUT2D eigenvalue weighted by Gasteiger charge is -2.13. The Morgan fingerprint density at radius 2 is 1.14 bits per heavy atom. The van der Waals surface area contributed by atoms with E-state index in [-0.39, 0.29) is 0 Å². The lowest BCUT2D eigenvalue weighted by molar-refractivity contribution is -0.134. The van der Waals surface area contributed by atoms with Crippen molar-refractivity contribution in [2.75, 3.05) is 41.3 Å². The van der Waals surface area contributed by atoms with Crippen LogP contribution in [0.15, 0.2) is 12.2 Å². The molecule has 8 heteroatoms. The fourth-order valence-corrected chi connectivity index (χ4v) is 1.17. The average Bonchev–Trinajstić information content (AvgIpc) is 2.35. The fourth-order valence-electron chi connectivity index (χ4n) is 1.17. The summed E-state index contributed by atoms with van der Waals surface area (Å²) >= 11 is 0.